The summed E-state index contributed by atoms with van der Waals surface area (Å²) in [6, 6.07) is 2.28. The summed E-state index contributed by atoms with van der Waals surface area (Å²) in [5.41, 5.74) is 1.15. The van der Waals surface area contributed by atoms with Crippen molar-refractivity contribution in [2.75, 3.05) is 13.2 Å². The fraction of sp³-hybridized carbons (Fsp3) is 0.583. The average molecular weight is 287 g/mol. The van der Waals surface area contributed by atoms with Gasteiger partial charge < -0.3 is 10.1 Å². The molecular formula is C12H19BrN2O. The lowest BCUT2D eigenvalue weighted by Gasteiger charge is -2.19. The quantitative estimate of drug-likeness (QED) is 0.873. The van der Waals surface area contributed by atoms with Gasteiger partial charge in [0, 0.05) is 16.9 Å². The summed E-state index contributed by atoms with van der Waals surface area (Å²) < 4.78 is 6.64. The Morgan fingerprint density at radius 3 is 2.75 bits per heavy atom. The van der Waals surface area contributed by atoms with E-state index in [0.29, 0.717) is 6.61 Å². The lowest BCUT2D eigenvalue weighted by molar-refractivity contribution is 0.0613. The molecule has 0 saturated carbocycles. The highest BCUT2D eigenvalue weighted by Gasteiger charge is 2.11. The molecule has 1 unspecified atom stereocenters. The largest absolute Gasteiger partial charge is 0.377 e. The molecule has 0 aliphatic heterocycles. The third-order valence-corrected chi connectivity index (χ3v) is 2.61. The Bertz CT molecular complexity index is 318. The van der Waals surface area contributed by atoms with Crippen LogP contribution in [0.5, 0.6) is 0 Å². The molecule has 0 aliphatic rings. The van der Waals surface area contributed by atoms with E-state index in [1.807, 2.05) is 20.0 Å². The number of halogens is 1. The van der Waals surface area contributed by atoms with Crippen molar-refractivity contribution in [1.82, 2.24) is 10.3 Å². The number of hydrogen-bond acceptors (Lipinski definition) is 3. The van der Waals surface area contributed by atoms with Crippen LogP contribution in [-0.4, -0.2) is 24.2 Å². The Hall–Kier alpha value is -0.450. The number of pyridine rings is 1. The predicted molar refractivity (Wildman–Crippen MR) is 69.4 cm³/mol. The van der Waals surface area contributed by atoms with E-state index in [1.54, 1.807) is 6.20 Å². The van der Waals surface area contributed by atoms with E-state index in [4.69, 9.17) is 4.74 Å². The highest BCUT2D eigenvalue weighted by Crippen LogP contribution is 2.17. The fourth-order valence-electron chi connectivity index (χ4n) is 1.43. The van der Waals surface area contributed by atoms with Crippen LogP contribution in [0.3, 0.4) is 0 Å². The standard InChI is InChI=1S/C12H19BrN2O/c1-4-15-12(8-16-9(2)3)10-5-11(13)7-14-6-10/h5-7,9,12,15H,4,8H2,1-3H3. The minimum Gasteiger partial charge on any atom is -0.377 e. The molecular weight excluding hydrogens is 268 g/mol. The van der Waals surface area contributed by atoms with Gasteiger partial charge in [0.15, 0.2) is 0 Å². The van der Waals surface area contributed by atoms with Crippen molar-refractivity contribution in [3.8, 4) is 0 Å². The Labute approximate surface area is 106 Å². The van der Waals surface area contributed by atoms with Crippen molar-refractivity contribution in [2.45, 2.75) is 32.9 Å². The Kier molecular flexibility index (Phi) is 5.95. The molecule has 0 amide bonds. The van der Waals surface area contributed by atoms with Gasteiger partial charge in [0.1, 0.15) is 0 Å². The second-order valence-electron chi connectivity index (χ2n) is 3.93. The number of rotatable bonds is 6. The summed E-state index contributed by atoms with van der Waals surface area (Å²) in [5.74, 6) is 0. The molecule has 0 fully saturated rings. The van der Waals surface area contributed by atoms with Crippen LogP contribution in [0.25, 0.3) is 0 Å². The van der Waals surface area contributed by atoms with Gasteiger partial charge in [0.25, 0.3) is 0 Å². The van der Waals surface area contributed by atoms with Gasteiger partial charge in [-0.05, 0) is 48.0 Å². The first kappa shape index (κ1) is 13.6. The molecule has 0 spiro atoms. The van der Waals surface area contributed by atoms with E-state index in [1.165, 1.54) is 0 Å². The average Bonchev–Trinajstić information content (AvgIpc) is 2.24. The van der Waals surface area contributed by atoms with Crippen molar-refractivity contribution in [3.05, 3.63) is 28.5 Å². The Morgan fingerprint density at radius 1 is 1.44 bits per heavy atom. The maximum atomic E-state index is 5.65. The van der Waals surface area contributed by atoms with Crippen LogP contribution in [0.4, 0.5) is 0 Å². The van der Waals surface area contributed by atoms with Crippen molar-refractivity contribution < 1.29 is 4.74 Å². The number of nitrogens with zero attached hydrogens (tertiary/aromatic N) is 1. The summed E-state index contributed by atoms with van der Waals surface area (Å²) >= 11 is 3.43. The van der Waals surface area contributed by atoms with Gasteiger partial charge >= 0.3 is 0 Å². The van der Waals surface area contributed by atoms with Crippen LogP contribution in [0.1, 0.15) is 32.4 Å². The third-order valence-electron chi connectivity index (χ3n) is 2.18. The Balaban J connectivity index is 2.68. The van der Waals surface area contributed by atoms with Crippen LogP contribution in [-0.2, 0) is 4.74 Å². The number of hydrogen-bond donors (Lipinski definition) is 1. The fourth-order valence-corrected chi connectivity index (χ4v) is 1.81. The summed E-state index contributed by atoms with van der Waals surface area (Å²) in [5, 5.41) is 3.40. The molecule has 1 N–H and O–H groups in total. The lowest BCUT2D eigenvalue weighted by atomic mass is 10.1. The molecule has 0 bridgehead atoms. The van der Waals surface area contributed by atoms with E-state index in [9.17, 15) is 0 Å². The summed E-state index contributed by atoms with van der Waals surface area (Å²) in [7, 11) is 0. The van der Waals surface area contributed by atoms with Crippen molar-refractivity contribution in [1.29, 1.82) is 0 Å². The second-order valence-corrected chi connectivity index (χ2v) is 4.84. The number of likely N-dealkylation sites (N-methyl/N-ethyl adjacent to an activating group) is 1. The van der Waals surface area contributed by atoms with Gasteiger partial charge in [-0.3, -0.25) is 4.98 Å². The monoisotopic (exact) mass is 286 g/mol. The highest BCUT2D eigenvalue weighted by molar-refractivity contribution is 9.10. The van der Waals surface area contributed by atoms with E-state index < -0.39 is 0 Å². The molecule has 1 aromatic rings. The van der Waals surface area contributed by atoms with Gasteiger partial charge in [-0.25, -0.2) is 0 Å². The Morgan fingerprint density at radius 2 is 2.19 bits per heavy atom. The van der Waals surface area contributed by atoms with Crippen LogP contribution < -0.4 is 5.32 Å². The molecule has 0 aliphatic carbocycles. The van der Waals surface area contributed by atoms with E-state index >= 15 is 0 Å². The van der Waals surface area contributed by atoms with Crippen LogP contribution in [0.15, 0.2) is 22.9 Å². The summed E-state index contributed by atoms with van der Waals surface area (Å²) in [6.45, 7) is 7.76. The van der Waals surface area contributed by atoms with Gasteiger partial charge in [0.2, 0.25) is 0 Å². The zero-order valence-corrected chi connectivity index (χ0v) is 11.6. The number of nitrogens with one attached hydrogen (secondary N) is 1. The van der Waals surface area contributed by atoms with Crippen LogP contribution in [0, 0.1) is 0 Å². The van der Waals surface area contributed by atoms with E-state index in [0.717, 1.165) is 16.6 Å². The number of aromatic nitrogens is 1. The van der Waals surface area contributed by atoms with E-state index in [-0.39, 0.29) is 12.1 Å². The molecule has 0 radical (unpaired) electrons. The SMILES string of the molecule is CCNC(COC(C)C)c1cncc(Br)c1. The van der Waals surface area contributed by atoms with Crippen molar-refractivity contribution in [3.63, 3.8) is 0 Å². The topological polar surface area (TPSA) is 34.1 Å². The van der Waals surface area contributed by atoms with Crippen molar-refractivity contribution in [2.24, 2.45) is 0 Å². The molecule has 16 heavy (non-hydrogen) atoms. The molecule has 1 heterocycles. The van der Waals surface area contributed by atoms with Crippen LogP contribution >= 0.6 is 15.9 Å². The molecule has 1 rings (SSSR count). The smallest absolute Gasteiger partial charge is 0.0665 e. The van der Waals surface area contributed by atoms with E-state index in [2.05, 4.69) is 39.2 Å². The third kappa shape index (κ3) is 4.60. The zero-order chi connectivity index (χ0) is 12.0. The molecule has 4 heteroatoms. The summed E-state index contributed by atoms with van der Waals surface area (Å²) in [6.07, 6.45) is 3.92. The first-order chi connectivity index (χ1) is 7.63. The molecule has 0 saturated heterocycles. The van der Waals surface area contributed by atoms with Gasteiger partial charge in [-0.2, -0.15) is 0 Å². The molecule has 1 atom stereocenters. The minimum atomic E-state index is 0.206. The van der Waals surface area contributed by atoms with Gasteiger partial charge in [-0.1, -0.05) is 6.92 Å². The molecule has 3 nitrogen and oxygen atoms in total. The highest BCUT2D eigenvalue weighted by atomic mass is 79.9. The molecule has 0 aromatic carbocycles. The van der Waals surface area contributed by atoms with Gasteiger partial charge in [0.05, 0.1) is 18.8 Å². The maximum Gasteiger partial charge on any atom is 0.0665 e. The van der Waals surface area contributed by atoms with Crippen LogP contribution in [0.2, 0.25) is 0 Å². The normalized spacial score (nSPS) is 13.1. The predicted octanol–water partition coefficient (Wildman–Crippen LogP) is 2.92. The maximum absolute atomic E-state index is 5.65. The first-order valence-corrected chi connectivity index (χ1v) is 6.38. The first-order valence-electron chi connectivity index (χ1n) is 5.59. The second kappa shape index (κ2) is 6.99. The number of ether oxygens (including phenoxy) is 1. The minimum absolute atomic E-state index is 0.206. The van der Waals surface area contributed by atoms with Gasteiger partial charge in [-0.15, -0.1) is 0 Å². The van der Waals surface area contributed by atoms with Crippen molar-refractivity contribution >= 4 is 15.9 Å². The summed E-state index contributed by atoms with van der Waals surface area (Å²) in [4.78, 5) is 4.17. The lowest BCUT2D eigenvalue weighted by Crippen LogP contribution is -2.26. The zero-order valence-electron chi connectivity index (χ0n) is 10.0. The molecule has 90 valence electrons. The molecule has 1 aromatic heterocycles.